The fourth-order valence-corrected chi connectivity index (χ4v) is 3.93. The summed E-state index contributed by atoms with van der Waals surface area (Å²) in [6.45, 7) is 9.12. The molecule has 1 saturated heterocycles. The fourth-order valence-electron chi connectivity index (χ4n) is 3.93. The number of likely N-dealkylation sites (tertiary alicyclic amines) is 1. The molecular weight excluding hydrogens is 250 g/mol. The number of hydrogen-bond donors (Lipinski definition) is 1. The van der Waals surface area contributed by atoms with Crippen LogP contribution in [0.4, 0.5) is 0 Å². The van der Waals surface area contributed by atoms with E-state index in [1.807, 2.05) is 10.9 Å². The van der Waals surface area contributed by atoms with Crippen molar-refractivity contribution in [2.45, 2.75) is 51.7 Å². The minimum absolute atomic E-state index is 0.689. The molecule has 1 aromatic heterocycles. The molecule has 1 aromatic rings. The molecule has 0 radical (unpaired) electrons. The standard InChI is InChI=1S/C15H27N5/c1-12(2)19-10-13-4-3-5-14(11-19)15(13)16-6-8-20-9-7-17-18-20/h7,9,12-16H,3-6,8,10-11H2,1-2H3. The highest BCUT2D eigenvalue weighted by Gasteiger charge is 2.39. The van der Waals surface area contributed by atoms with E-state index in [9.17, 15) is 0 Å². The Balaban J connectivity index is 1.54. The molecule has 2 fully saturated rings. The van der Waals surface area contributed by atoms with Gasteiger partial charge in [-0.25, -0.2) is 0 Å². The van der Waals surface area contributed by atoms with Crippen molar-refractivity contribution in [3.8, 4) is 0 Å². The van der Waals surface area contributed by atoms with Gasteiger partial charge in [-0.05, 0) is 38.5 Å². The van der Waals surface area contributed by atoms with Crippen LogP contribution in [0, 0.1) is 11.8 Å². The van der Waals surface area contributed by atoms with Crippen molar-refractivity contribution in [1.29, 1.82) is 0 Å². The minimum Gasteiger partial charge on any atom is -0.311 e. The number of nitrogens with one attached hydrogen (secondary N) is 1. The molecule has 2 bridgehead atoms. The molecule has 2 heterocycles. The van der Waals surface area contributed by atoms with Gasteiger partial charge < -0.3 is 10.2 Å². The molecule has 20 heavy (non-hydrogen) atoms. The molecule has 1 aliphatic carbocycles. The van der Waals surface area contributed by atoms with Crippen LogP contribution >= 0.6 is 0 Å². The predicted molar refractivity (Wildman–Crippen MR) is 79.4 cm³/mol. The van der Waals surface area contributed by atoms with Gasteiger partial charge >= 0.3 is 0 Å². The normalized spacial score (nSPS) is 30.9. The molecule has 1 N–H and O–H groups in total. The lowest BCUT2D eigenvalue weighted by Crippen LogP contribution is -2.58. The smallest absolute Gasteiger partial charge is 0.0692 e. The molecule has 0 amide bonds. The van der Waals surface area contributed by atoms with E-state index < -0.39 is 0 Å². The lowest BCUT2D eigenvalue weighted by molar-refractivity contribution is 0.0294. The summed E-state index contributed by atoms with van der Waals surface area (Å²) in [7, 11) is 0. The Bertz CT molecular complexity index is 388. The first kappa shape index (κ1) is 14.0. The molecule has 5 nitrogen and oxygen atoms in total. The summed E-state index contributed by atoms with van der Waals surface area (Å²) in [5, 5.41) is 11.7. The number of fused-ring (bicyclic) bond motifs is 2. The Hall–Kier alpha value is -0.940. The zero-order valence-electron chi connectivity index (χ0n) is 12.7. The third-order valence-electron chi connectivity index (χ3n) is 5.03. The second-order valence-corrected chi connectivity index (χ2v) is 6.64. The summed E-state index contributed by atoms with van der Waals surface area (Å²) in [5.41, 5.74) is 0. The monoisotopic (exact) mass is 277 g/mol. The Labute approximate surface area is 121 Å². The van der Waals surface area contributed by atoms with Crippen LogP contribution in [0.3, 0.4) is 0 Å². The molecule has 112 valence electrons. The van der Waals surface area contributed by atoms with Gasteiger partial charge in [-0.15, -0.1) is 5.10 Å². The summed E-state index contributed by atoms with van der Waals surface area (Å²) in [6, 6.07) is 1.40. The molecule has 2 aliphatic rings. The molecule has 0 spiro atoms. The van der Waals surface area contributed by atoms with Gasteiger partial charge in [0.2, 0.25) is 0 Å². The van der Waals surface area contributed by atoms with Crippen molar-refractivity contribution in [3.63, 3.8) is 0 Å². The second kappa shape index (κ2) is 6.22. The van der Waals surface area contributed by atoms with E-state index in [-0.39, 0.29) is 0 Å². The first-order valence-electron chi connectivity index (χ1n) is 8.05. The fraction of sp³-hybridized carbons (Fsp3) is 0.867. The zero-order valence-corrected chi connectivity index (χ0v) is 12.7. The van der Waals surface area contributed by atoms with Gasteiger partial charge in [0.25, 0.3) is 0 Å². The van der Waals surface area contributed by atoms with Crippen LogP contribution in [0.1, 0.15) is 33.1 Å². The predicted octanol–water partition coefficient (Wildman–Crippen LogP) is 1.38. The van der Waals surface area contributed by atoms with Crippen molar-refractivity contribution in [2.24, 2.45) is 11.8 Å². The third-order valence-corrected chi connectivity index (χ3v) is 5.03. The van der Waals surface area contributed by atoms with Crippen molar-refractivity contribution in [2.75, 3.05) is 19.6 Å². The van der Waals surface area contributed by atoms with Crippen molar-refractivity contribution in [3.05, 3.63) is 12.4 Å². The maximum absolute atomic E-state index is 4.02. The van der Waals surface area contributed by atoms with Gasteiger partial charge in [0, 0.05) is 37.9 Å². The van der Waals surface area contributed by atoms with E-state index in [1.165, 1.54) is 32.4 Å². The maximum Gasteiger partial charge on any atom is 0.0692 e. The number of hydrogen-bond acceptors (Lipinski definition) is 4. The highest BCUT2D eigenvalue weighted by Crippen LogP contribution is 2.35. The summed E-state index contributed by atoms with van der Waals surface area (Å²) in [4.78, 5) is 2.67. The average Bonchev–Trinajstić information content (AvgIpc) is 2.91. The quantitative estimate of drug-likeness (QED) is 0.883. The SMILES string of the molecule is CC(C)N1CC2CCCC(C1)C2NCCn1ccnn1. The lowest BCUT2D eigenvalue weighted by Gasteiger charge is -2.49. The van der Waals surface area contributed by atoms with Crippen LogP contribution in [0.25, 0.3) is 0 Å². The number of rotatable bonds is 5. The van der Waals surface area contributed by atoms with Gasteiger partial charge in [-0.2, -0.15) is 0 Å². The highest BCUT2D eigenvalue weighted by atomic mass is 15.4. The van der Waals surface area contributed by atoms with E-state index in [0.29, 0.717) is 12.1 Å². The number of aromatic nitrogens is 3. The van der Waals surface area contributed by atoms with Crippen LogP contribution < -0.4 is 5.32 Å². The van der Waals surface area contributed by atoms with Crippen molar-refractivity contribution < 1.29 is 0 Å². The van der Waals surface area contributed by atoms with Crippen LogP contribution in [0.5, 0.6) is 0 Å². The molecule has 0 aromatic carbocycles. The van der Waals surface area contributed by atoms with Gasteiger partial charge in [-0.3, -0.25) is 4.68 Å². The van der Waals surface area contributed by atoms with E-state index in [4.69, 9.17) is 0 Å². The Morgan fingerprint density at radius 1 is 1.25 bits per heavy atom. The topological polar surface area (TPSA) is 46.0 Å². The van der Waals surface area contributed by atoms with Crippen LogP contribution in [0.15, 0.2) is 12.4 Å². The molecule has 1 saturated carbocycles. The summed E-state index contributed by atoms with van der Waals surface area (Å²) in [6.07, 6.45) is 7.88. The number of nitrogens with zero attached hydrogens (tertiary/aromatic N) is 4. The number of piperidine rings is 1. The van der Waals surface area contributed by atoms with Crippen LogP contribution in [-0.2, 0) is 6.54 Å². The minimum atomic E-state index is 0.689. The van der Waals surface area contributed by atoms with E-state index in [0.717, 1.165) is 24.9 Å². The van der Waals surface area contributed by atoms with Gasteiger partial charge in [0.05, 0.1) is 12.7 Å². The van der Waals surface area contributed by atoms with E-state index >= 15 is 0 Å². The summed E-state index contributed by atoms with van der Waals surface area (Å²) in [5.74, 6) is 1.67. The molecule has 2 unspecified atom stereocenters. The summed E-state index contributed by atoms with van der Waals surface area (Å²) >= 11 is 0. The van der Waals surface area contributed by atoms with E-state index in [1.54, 1.807) is 6.20 Å². The maximum atomic E-state index is 4.02. The average molecular weight is 277 g/mol. The van der Waals surface area contributed by atoms with E-state index in [2.05, 4.69) is 34.4 Å². The van der Waals surface area contributed by atoms with Gasteiger partial charge in [0.1, 0.15) is 0 Å². The van der Waals surface area contributed by atoms with Crippen LogP contribution in [0.2, 0.25) is 0 Å². The Morgan fingerprint density at radius 3 is 2.60 bits per heavy atom. The Morgan fingerprint density at radius 2 is 2.00 bits per heavy atom. The van der Waals surface area contributed by atoms with Gasteiger partial charge in [0.15, 0.2) is 0 Å². The third kappa shape index (κ3) is 3.04. The first-order valence-corrected chi connectivity index (χ1v) is 8.05. The molecule has 5 heteroatoms. The summed E-state index contributed by atoms with van der Waals surface area (Å²) < 4.78 is 1.91. The zero-order chi connectivity index (χ0) is 13.9. The molecule has 2 atom stereocenters. The highest BCUT2D eigenvalue weighted by molar-refractivity contribution is 4.95. The van der Waals surface area contributed by atoms with Crippen molar-refractivity contribution in [1.82, 2.24) is 25.2 Å². The molecular formula is C15H27N5. The Kier molecular flexibility index (Phi) is 4.36. The largest absolute Gasteiger partial charge is 0.311 e. The first-order chi connectivity index (χ1) is 9.74. The second-order valence-electron chi connectivity index (χ2n) is 6.64. The van der Waals surface area contributed by atoms with Crippen molar-refractivity contribution >= 4 is 0 Å². The molecule has 3 rings (SSSR count). The molecule has 1 aliphatic heterocycles. The van der Waals surface area contributed by atoms with Crippen LogP contribution in [-0.4, -0.2) is 51.6 Å². The van der Waals surface area contributed by atoms with Gasteiger partial charge in [-0.1, -0.05) is 11.6 Å². The lowest BCUT2D eigenvalue weighted by atomic mass is 9.73.